The van der Waals surface area contributed by atoms with E-state index < -0.39 is 0 Å². The Balaban J connectivity index is -0.0000000462. The van der Waals surface area contributed by atoms with Gasteiger partial charge in [0.25, 0.3) is 0 Å². The Kier molecular flexibility index (Phi) is 59.0. The molecule has 0 aliphatic carbocycles. The van der Waals surface area contributed by atoms with Crippen molar-refractivity contribution in [1.29, 1.82) is 0 Å². The van der Waals surface area contributed by atoms with E-state index in [2.05, 4.69) is 15.6 Å². The van der Waals surface area contributed by atoms with Gasteiger partial charge >= 0.3 is 0 Å². The third-order valence-corrected chi connectivity index (χ3v) is 0.697. The van der Waals surface area contributed by atoms with Crippen LogP contribution in [0.15, 0.2) is 4.99 Å². The van der Waals surface area contributed by atoms with Gasteiger partial charge in [0, 0.05) is 14.1 Å². The van der Waals surface area contributed by atoms with Gasteiger partial charge in [-0.15, -0.1) is 0 Å². The third-order valence-electron chi connectivity index (χ3n) is 0.697. The molecule has 0 saturated heterocycles. The van der Waals surface area contributed by atoms with E-state index in [4.69, 9.17) is 0 Å². The van der Waals surface area contributed by atoms with Crippen LogP contribution in [0.25, 0.3) is 0 Å². The molecule has 0 amide bonds. The van der Waals surface area contributed by atoms with E-state index in [-0.39, 0.29) is 7.43 Å². The Morgan fingerprint density at radius 1 is 1.08 bits per heavy atom. The lowest BCUT2D eigenvalue weighted by molar-refractivity contribution is 1.02. The molecule has 0 unspecified atom stereocenters. The van der Waals surface area contributed by atoms with Crippen molar-refractivity contribution in [2.24, 2.45) is 4.99 Å². The van der Waals surface area contributed by atoms with Crippen molar-refractivity contribution in [3.63, 3.8) is 0 Å². The predicted molar refractivity (Wildman–Crippen MR) is 61.2 cm³/mol. The average Bonchev–Trinajstić information content (AvgIpc) is 2.08. The second-order valence-corrected chi connectivity index (χ2v) is 1.56. The van der Waals surface area contributed by atoms with Gasteiger partial charge in [0.05, 0.1) is 5.84 Å². The Morgan fingerprint density at radius 3 is 1.33 bits per heavy atom. The summed E-state index contributed by atoms with van der Waals surface area (Å²) in [5.74, 6) is 0.968. The predicted octanol–water partition coefficient (Wildman–Crippen LogP) is 1.75. The number of rotatable bonds is 0. The van der Waals surface area contributed by atoms with Crippen LogP contribution in [0.1, 0.15) is 28.2 Å². The molecule has 0 fully saturated rings. The molecule has 2 N–H and O–H groups in total. The number of hydrogen-bond acceptors (Lipinski definition) is 2. The van der Waals surface area contributed by atoms with E-state index >= 15 is 0 Å². The topological polar surface area (TPSA) is 36.4 Å². The fourth-order valence-corrected chi connectivity index (χ4v) is 0.112. The molecule has 0 saturated carbocycles. The number of aliphatic imine (C=N–C) groups is 1. The summed E-state index contributed by atoms with van der Waals surface area (Å²) < 4.78 is 0. The largest absolute Gasteiger partial charge is 0.377 e. The lowest BCUT2D eigenvalue weighted by Crippen LogP contribution is -2.12. The van der Waals surface area contributed by atoms with Crippen LogP contribution in [0.5, 0.6) is 0 Å². The van der Waals surface area contributed by atoms with Crippen LogP contribution in [0.4, 0.5) is 0 Å². The maximum absolute atomic E-state index is 3.81. The Labute approximate surface area is 78.7 Å². The third kappa shape index (κ3) is 57.0. The van der Waals surface area contributed by atoms with Crippen LogP contribution < -0.4 is 10.6 Å². The summed E-state index contributed by atoms with van der Waals surface area (Å²) in [6, 6.07) is 0. The van der Waals surface area contributed by atoms with Crippen LogP contribution >= 0.6 is 0 Å². The maximum atomic E-state index is 3.81. The van der Waals surface area contributed by atoms with Crippen LogP contribution in [0.2, 0.25) is 0 Å². The zero-order chi connectivity index (χ0) is 9.70. The maximum Gasteiger partial charge on any atom is 0.0925 e. The van der Waals surface area contributed by atoms with Gasteiger partial charge in [-0.05, 0) is 21.0 Å². The smallest absolute Gasteiger partial charge is 0.0925 e. The highest BCUT2D eigenvalue weighted by molar-refractivity contribution is 5.78. The number of hydrogen-bond donors (Lipinski definition) is 2. The molecular formula is C9H27N3. The first-order chi connectivity index (χ1) is 5.22. The van der Waals surface area contributed by atoms with Crippen molar-refractivity contribution in [3.05, 3.63) is 0 Å². The van der Waals surface area contributed by atoms with E-state index in [1.807, 2.05) is 41.9 Å². The molecule has 0 aromatic carbocycles. The molecule has 0 rings (SSSR count). The molecule has 12 heavy (non-hydrogen) atoms. The number of nitrogens with zero attached hydrogens (tertiary/aromatic N) is 1. The van der Waals surface area contributed by atoms with Crippen LogP contribution in [-0.2, 0) is 0 Å². The van der Waals surface area contributed by atoms with E-state index in [1.54, 1.807) is 7.05 Å². The molecule has 3 nitrogen and oxygen atoms in total. The van der Waals surface area contributed by atoms with Gasteiger partial charge in [-0.1, -0.05) is 21.3 Å². The Hall–Kier alpha value is -0.570. The molecule has 3 heteroatoms. The first-order valence-corrected chi connectivity index (χ1v) is 3.92. The van der Waals surface area contributed by atoms with Gasteiger partial charge in [-0.25, -0.2) is 0 Å². The van der Waals surface area contributed by atoms with E-state index in [9.17, 15) is 0 Å². The molecule has 0 bridgehead atoms. The molecule has 0 radical (unpaired) electrons. The second-order valence-electron chi connectivity index (χ2n) is 1.56. The SMILES string of the molecule is C.CC.CN=C(C)NC.CNC. The first kappa shape index (κ1) is 22.5. The summed E-state index contributed by atoms with van der Waals surface area (Å²) in [7, 11) is 7.36. The fraction of sp³-hybridized carbons (Fsp3) is 0.889. The van der Waals surface area contributed by atoms with Crippen molar-refractivity contribution >= 4 is 5.84 Å². The minimum absolute atomic E-state index is 0. The van der Waals surface area contributed by atoms with Gasteiger partial charge in [0.15, 0.2) is 0 Å². The lowest BCUT2D eigenvalue weighted by Gasteiger charge is -1.90. The fourth-order valence-electron chi connectivity index (χ4n) is 0.112. The second kappa shape index (κ2) is 31.5. The van der Waals surface area contributed by atoms with Crippen LogP contribution in [0.3, 0.4) is 0 Å². The highest BCUT2D eigenvalue weighted by Gasteiger charge is 1.71. The van der Waals surface area contributed by atoms with Gasteiger partial charge in [0.1, 0.15) is 0 Å². The molecule has 78 valence electrons. The summed E-state index contributed by atoms with van der Waals surface area (Å²) in [5, 5.41) is 5.61. The minimum atomic E-state index is 0. The average molecular weight is 177 g/mol. The van der Waals surface area contributed by atoms with Crippen molar-refractivity contribution in [1.82, 2.24) is 10.6 Å². The number of amidine groups is 1. The Bertz CT molecular complexity index is 70.2. The summed E-state index contributed by atoms with van der Waals surface area (Å²) in [4.78, 5) is 3.81. The van der Waals surface area contributed by atoms with Gasteiger partial charge in [0.2, 0.25) is 0 Å². The summed E-state index contributed by atoms with van der Waals surface area (Å²) in [6.45, 7) is 5.92. The Morgan fingerprint density at radius 2 is 1.33 bits per heavy atom. The highest BCUT2D eigenvalue weighted by Crippen LogP contribution is 1.59. The summed E-state index contributed by atoms with van der Waals surface area (Å²) >= 11 is 0. The molecule has 0 aromatic rings. The lowest BCUT2D eigenvalue weighted by atomic mass is 10.7. The first-order valence-electron chi connectivity index (χ1n) is 3.92. The van der Waals surface area contributed by atoms with Crippen molar-refractivity contribution in [2.75, 3.05) is 28.2 Å². The van der Waals surface area contributed by atoms with E-state index in [0.717, 1.165) is 5.84 Å². The minimum Gasteiger partial charge on any atom is -0.377 e. The van der Waals surface area contributed by atoms with E-state index in [1.165, 1.54) is 0 Å². The van der Waals surface area contributed by atoms with Crippen molar-refractivity contribution in [3.8, 4) is 0 Å². The van der Waals surface area contributed by atoms with Crippen molar-refractivity contribution < 1.29 is 0 Å². The molecular weight excluding hydrogens is 150 g/mol. The number of nitrogens with one attached hydrogen (secondary N) is 2. The van der Waals surface area contributed by atoms with Crippen LogP contribution in [0, 0.1) is 0 Å². The van der Waals surface area contributed by atoms with E-state index in [0.29, 0.717) is 0 Å². The van der Waals surface area contributed by atoms with Gasteiger partial charge < -0.3 is 10.6 Å². The van der Waals surface area contributed by atoms with Crippen molar-refractivity contribution in [2.45, 2.75) is 28.2 Å². The van der Waals surface area contributed by atoms with Crippen LogP contribution in [-0.4, -0.2) is 34.0 Å². The zero-order valence-electron chi connectivity index (χ0n) is 8.95. The summed E-state index contributed by atoms with van der Waals surface area (Å²) in [5.41, 5.74) is 0. The quantitative estimate of drug-likeness (QED) is 0.437. The zero-order valence-corrected chi connectivity index (χ0v) is 8.95. The standard InChI is InChI=1S/C4H10N2.C2H7N.C2H6.CH4/c1-4(5-2)6-3;1-3-2;1-2;/h1-3H3,(H,5,6);3H,1-2H3;1-2H3;1H4. The molecule has 0 aliphatic rings. The monoisotopic (exact) mass is 177 g/mol. The molecule has 0 aliphatic heterocycles. The molecule has 0 spiro atoms. The van der Waals surface area contributed by atoms with Gasteiger partial charge in [-0.2, -0.15) is 0 Å². The normalized spacial score (nSPS) is 7.75. The molecule has 0 heterocycles. The molecule has 0 aromatic heterocycles. The molecule has 0 atom stereocenters. The highest BCUT2D eigenvalue weighted by atomic mass is 14.9. The summed E-state index contributed by atoms with van der Waals surface area (Å²) in [6.07, 6.45) is 0. The van der Waals surface area contributed by atoms with Gasteiger partial charge in [-0.3, -0.25) is 4.99 Å².